The van der Waals surface area contributed by atoms with Gasteiger partial charge < -0.3 is 15.2 Å². The second-order valence-electron chi connectivity index (χ2n) is 4.24. The normalized spacial score (nSPS) is 13.7. The van der Waals surface area contributed by atoms with Crippen molar-refractivity contribution < 1.29 is 14.3 Å². The van der Waals surface area contributed by atoms with Crippen LogP contribution in [0, 0.1) is 5.92 Å². The number of nitrogens with two attached hydrogens (primary N) is 1. The molecule has 0 saturated carbocycles. The number of esters is 1. The third-order valence-electron chi connectivity index (χ3n) is 2.87. The molecule has 0 radical (unpaired) electrons. The van der Waals surface area contributed by atoms with E-state index < -0.39 is 6.04 Å². The van der Waals surface area contributed by atoms with E-state index in [0.29, 0.717) is 6.61 Å². The molecule has 2 unspecified atom stereocenters. The first kappa shape index (κ1) is 14.5. The van der Waals surface area contributed by atoms with Crippen molar-refractivity contribution >= 4 is 5.97 Å². The summed E-state index contributed by atoms with van der Waals surface area (Å²) in [5.41, 5.74) is 5.75. The van der Waals surface area contributed by atoms with E-state index in [1.54, 1.807) is 0 Å². The van der Waals surface area contributed by atoms with Crippen LogP contribution in [-0.4, -0.2) is 25.2 Å². The lowest BCUT2D eigenvalue weighted by Gasteiger charge is -2.16. The fourth-order valence-corrected chi connectivity index (χ4v) is 1.40. The minimum Gasteiger partial charge on any atom is -0.490 e. The first-order chi connectivity index (χ1) is 8.65. The zero-order valence-corrected chi connectivity index (χ0v) is 11.0. The standard InChI is InChI=1S/C14H21NO3/c1-3-11(2)13(15)14(16)18-10-9-17-12-7-5-4-6-8-12/h4-8,11,13H,3,9-10,15H2,1-2H3. The Hall–Kier alpha value is -1.55. The Bertz CT molecular complexity index is 353. The molecule has 0 fully saturated rings. The van der Waals surface area contributed by atoms with Gasteiger partial charge in [0.1, 0.15) is 25.0 Å². The Morgan fingerprint density at radius 2 is 1.94 bits per heavy atom. The van der Waals surface area contributed by atoms with Crippen LogP contribution in [0.25, 0.3) is 0 Å². The number of rotatable bonds is 7. The van der Waals surface area contributed by atoms with Crippen LogP contribution < -0.4 is 10.5 Å². The summed E-state index contributed by atoms with van der Waals surface area (Å²) in [4.78, 5) is 11.6. The molecule has 0 amide bonds. The molecular weight excluding hydrogens is 230 g/mol. The topological polar surface area (TPSA) is 61.6 Å². The van der Waals surface area contributed by atoms with Crippen LogP contribution in [0.1, 0.15) is 20.3 Å². The second-order valence-corrected chi connectivity index (χ2v) is 4.24. The predicted molar refractivity (Wildman–Crippen MR) is 70.3 cm³/mol. The number of para-hydroxylation sites is 1. The average Bonchev–Trinajstić information content (AvgIpc) is 2.42. The molecule has 0 bridgehead atoms. The summed E-state index contributed by atoms with van der Waals surface area (Å²) < 4.78 is 10.5. The number of hydrogen-bond acceptors (Lipinski definition) is 4. The number of carbonyl (C=O) groups is 1. The highest BCUT2D eigenvalue weighted by Crippen LogP contribution is 2.08. The maximum Gasteiger partial charge on any atom is 0.323 e. The van der Waals surface area contributed by atoms with E-state index in [1.165, 1.54) is 0 Å². The first-order valence-corrected chi connectivity index (χ1v) is 6.25. The van der Waals surface area contributed by atoms with Crippen molar-refractivity contribution in [2.75, 3.05) is 13.2 Å². The van der Waals surface area contributed by atoms with Gasteiger partial charge in [-0.3, -0.25) is 4.79 Å². The van der Waals surface area contributed by atoms with Gasteiger partial charge in [0.2, 0.25) is 0 Å². The van der Waals surface area contributed by atoms with Gasteiger partial charge in [-0.25, -0.2) is 0 Å². The molecule has 1 aromatic rings. The molecule has 0 aliphatic carbocycles. The van der Waals surface area contributed by atoms with E-state index in [4.69, 9.17) is 15.2 Å². The Morgan fingerprint density at radius 1 is 1.28 bits per heavy atom. The molecule has 0 heterocycles. The number of ether oxygens (including phenoxy) is 2. The molecule has 4 nitrogen and oxygen atoms in total. The summed E-state index contributed by atoms with van der Waals surface area (Å²) in [6.45, 7) is 4.49. The Morgan fingerprint density at radius 3 is 2.56 bits per heavy atom. The number of benzene rings is 1. The molecule has 1 rings (SSSR count). The third kappa shape index (κ3) is 4.75. The average molecular weight is 251 g/mol. The number of hydrogen-bond donors (Lipinski definition) is 1. The largest absolute Gasteiger partial charge is 0.490 e. The maximum atomic E-state index is 11.6. The van der Waals surface area contributed by atoms with Gasteiger partial charge in [-0.1, -0.05) is 38.5 Å². The molecule has 1 aromatic carbocycles. The van der Waals surface area contributed by atoms with Crippen molar-refractivity contribution in [2.45, 2.75) is 26.3 Å². The summed E-state index contributed by atoms with van der Waals surface area (Å²) in [7, 11) is 0. The van der Waals surface area contributed by atoms with E-state index in [2.05, 4.69) is 0 Å². The summed E-state index contributed by atoms with van der Waals surface area (Å²) in [6.07, 6.45) is 0.858. The molecule has 2 N–H and O–H groups in total. The monoisotopic (exact) mass is 251 g/mol. The molecule has 4 heteroatoms. The molecule has 0 spiro atoms. The van der Waals surface area contributed by atoms with E-state index in [1.807, 2.05) is 44.2 Å². The van der Waals surface area contributed by atoms with Crippen LogP contribution >= 0.6 is 0 Å². The Kier molecular flexibility index (Phi) is 6.22. The van der Waals surface area contributed by atoms with Crippen LogP contribution in [0.2, 0.25) is 0 Å². The van der Waals surface area contributed by atoms with E-state index in [-0.39, 0.29) is 18.5 Å². The molecular formula is C14H21NO3. The van der Waals surface area contributed by atoms with Gasteiger partial charge in [-0.15, -0.1) is 0 Å². The van der Waals surface area contributed by atoms with Gasteiger partial charge in [0, 0.05) is 0 Å². The highest BCUT2D eigenvalue weighted by molar-refractivity contribution is 5.75. The second kappa shape index (κ2) is 7.71. The van der Waals surface area contributed by atoms with Gasteiger partial charge in [0.15, 0.2) is 0 Å². The first-order valence-electron chi connectivity index (χ1n) is 6.25. The molecule has 0 saturated heterocycles. The van der Waals surface area contributed by atoms with Gasteiger partial charge >= 0.3 is 5.97 Å². The summed E-state index contributed by atoms with van der Waals surface area (Å²) in [5.74, 6) is 0.535. The van der Waals surface area contributed by atoms with Crippen molar-refractivity contribution in [3.8, 4) is 5.75 Å². The van der Waals surface area contributed by atoms with Crippen LogP contribution in [-0.2, 0) is 9.53 Å². The summed E-state index contributed by atoms with van der Waals surface area (Å²) in [6, 6.07) is 8.85. The van der Waals surface area contributed by atoms with Crippen LogP contribution in [0.4, 0.5) is 0 Å². The maximum absolute atomic E-state index is 11.6. The van der Waals surface area contributed by atoms with E-state index in [0.717, 1.165) is 12.2 Å². The SMILES string of the molecule is CCC(C)C(N)C(=O)OCCOc1ccccc1. The van der Waals surface area contributed by atoms with Crippen LogP contribution in [0.15, 0.2) is 30.3 Å². The Labute approximate surface area is 108 Å². The molecule has 100 valence electrons. The molecule has 18 heavy (non-hydrogen) atoms. The smallest absolute Gasteiger partial charge is 0.323 e. The Balaban J connectivity index is 2.20. The zero-order chi connectivity index (χ0) is 13.4. The lowest BCUT2D eigenvalue weighted by Crippen LogP contribution is -2.38. The lowest BCUT2D eigenvalue weighted by atomic mass is 10.0. The van der Waals surface area contributed by atoms with E-state index >= 15 is 0 Å². The zero-order valence-electron chi connectivity index (χ0n) is 11.0. The summed E-state index contributed by atoms with van der Waals surface area (Å²) >= 11 is 0. The van der Waals surface area contributed by atoms with Crippen molar-refractivity contribution in [2.24, 2.45) is 11.7 Å². The fraction of sp³-hybridized carbons (Fsp3) is 0.500. The van der Waals surface area contributed by atoms with Crippen molar-refractivity contribution in [3.05, 3.63) is 30.3 Å². The molecule has 0 aliphatic rings. The molecule has 0 aromatic heterocycles. The molecule has 2 atom stereocenters. The van der Waals surface area contributed by atoms with Gasteiger partial charge in [-0.2, -0.15) is 0 Å². The lowest BCUT2D eigenvalue weighted by molar-refractivity contribution is -0.147. The third-order valence-corrected chi connectivity index (χ3v) is 2.87. The van der Waals surface area contributed by atoms with Crippen molar-refractivity contribution in [1.82, 2.24) is 0 Å². The van der Waals surface area contributed by atoms with Gasteiger partial charge in [0.25, 0.3) is 0 Å². The van der Waals surface area contributed by atoms with Gasteiger partial charge in [-0.05, 0) is 18.1 Å². The van der Waals surface area contributed by atoms with Crippen LogP contribution in [0.5, 0.6) is 5.75 Å². The summed E-state index contributed by atoms with van der Waals surface area (Å²) in [5, 5.41) is 0. The minimum absolute atomic E-state index is 0.132. The number of carbonyl (C=O) groups excluding carboxylic acids is 1. The highest BCUT2D eigenvalue weighted by Gasteiger charge is 2.20. The van der Waals surface area contributed by atoms with Crippen molar-refractivity contribution in [1.29, 1.82) is 0 Å². The predicted octanol–water partition coefficient (Wildman–Crippen LogP) is 1.98. The van der Waals surface area contributed by atoms with Crippen LogP contribution in [0.3, 0.4) is 0 Å². The van der Waals surface area contributed by atoms with Gasteiger partial charge in [0.05, 0.1) is 0 Å². The van der Waals surface area contributed by atoms with Crippen molar-refractivity contribution in [3.63, 3.8) is 0 Å². The highest BCUT2D eigenvalue weighted by atomic mass is 16.6. The minimum atomic E-state index is -0.549. The molecule has 0 aliphatic heterocycles. The van der Waals surface area contributed by atoms with E-state index in [9.17, 15) is 4.79 Å². The fourth-order valence-electron chi connectivity index (χ4n) is 1.40. The quantitative estimate of drug-likeness (QED) is 0.594.